The minimum Gasteiger partial charge on any atom is -0.479 e. The number of azide groups is 1. The van der Waals surface area contributed by atoms with Gasteiger partial charge in [-0.15, -0.1) is 0 Å². The highest BCUT2D eigenvalue weighted by Crippen LogP contribution is 2.04. The van der Waals surface area contributed by atoms with Gasteiger partial charge >= 0.3 is 11.9 Å². The monoisotopic (exact) mass is 235 g/mol. The van der Waals surface area contributed by atoms with E-state index in [-0.39, 0.29) is 5.56 Å². The third kappa shape index (κ3) is 3.84. The van der Waals surface area contributed by atoms with Crippen molar-refractivity contribution in [3.63, 3.8) is 0 Å². The van der Waals surface area contributed by atoms with Crippen molar-refractivity contribution in [3.05, 3.63) is 46.3 Å². The van der Waals surface area contributed by atoms with Crippen LogP contribution < -0.4 is 0 Å². The first-order chi connectivity index (χ1) is 8.15. The SMILES string of the molecule is [N-]=[N+]=NC[C@H](OC(=O)c1ccccc1)C(=O)O. The molecule has 1 aromatic carbocycles. The number of rotatable bonds is 5. The fourth-order valence-corrected chi connectivity index (χ4v) is 1.05. The molecule has 0 amide bonds. The van der Waals surface area contributed by atoms with Crippen molar-refractivity contribution in [3.8, 4) is 0 Å². The van der Waals surface area contributed by atoms with E-state index in [9.17, 15) is 9.59 Å². The third-order valence-electron chi connectivity index (χ3n) is 1.84. The Morgan fingerprint density at radius 3 is 2.59 bits per heavy atom. The molecule has 17 heavy (non-hydrogen) atoms. The number of benzene rings is 1. The normalized spacial score (nSPS) is 11.1. The van der Waals surface area contributed by atoms with Crippen LogP contribution in [0.15, 0.2) is 35.4 Å². The molecule has 0 spiro atoms. The van der Waals surface area contributed by atoms with Gasteiger partial charge < -0.3 is 9.84 Å². The first-order valence-electron chi connectivity index (χ1n) is 4.65. The predicted octanol–water partition coefficient (Wildman–Crippen LogP) is 1.61. The highest BCUT2D eigenvalue weighted by Gasteiger charge is 2.21. The Bertz CT molecular complexity index is 454. The summed E-state index contributed by atoms with van der Waals surface area (Å²) in [5.74, 6) is -2.13. The Kier molecular flexibility index (Phi) is 4.53. The summed E-state index contributed by atoms with van der Waals surface area (Å²) in [4.78, 5) is 24.6. The van der Waals surface area contributed by atoms with E-state index in [0.29, 0.717) is 0 Å². The molecule has 1 atom stereocenters. The topological polar surface area (TPSA) is 112 Å². The molecule has 1 N–H and O–H groups in total. The van der Waals surface area contributed by atoms with Gasteiger partial charge in [-0.1, -0.05) is 23.3 Å². The molecule has 0 aliphatic heterocycles. The van der Waals surface area contributed by atoms with Crippen molar-refractivity contribution in [2.45, 2.75) is 6.10 Å². The molecule has 88 valence electrons. The minimum atomic E-state index is -1.47. The van der Waals surface area contributed by atoms with Crippen molar-refractivity contribution in [1.82, 2.24) is 0 Å². The molecule has 0 heterocycles. The summed E-state index contributed by atoms with van der Waals surface area (Å²) < 4.78 is 4.70. The summed E-state index contributed by atoms with van der Waals surface area (Å²) in [6.07, 6.45) is -1.47. The van der Waals surface area contributed by atoms with Crippen molar-refractivity contribution in [2.24, 2.45) is 5.11 Å². The molecule has 0 radical (unpaired) electrons. The maximum absolute atomic E-state index is 11.5. The molecule has 0 unspecified atom stereocenters. The van der Waals surface area contributed by atoms with Crippen LogP contribution in [0.2, 0.25) is 0 Å². The quantitative estimate of drug-likeness (QED) is 0.361. The number of esters is 1. The predicted molar refractivity (Wildman–Crippen MR) is 57.3 cm³/mol. The van der Waals surface area contributed by atoms with Crippen molar-refractivity contribution >= 4 is 11.9 Å². The van der Waals surface area contributed by atoms with Crippen LogP contribution >= 0.6 is 0 Å². The Hall–Kier alpha value is -2.53. The number of ether oxygens (including phenoxy) is 1. The van der Waals surface area contributed by atoms with E-state index in [1.54, 1.807) is 18.2 Å². The number of nitrogens with zero attached hydrogens (tertiary/aromatic N) is 3. The van der Waals surface area contributed by atoms with Crippen LogP contribution in [0.25, 0.3) is 10.4 Å². The van der Waals surface area contributed by atoms with Crippen LogP contribution in [0, 0.1) is 0 Å². The van der Waals surface area contributed by atoms with Gasteiger partial charge in [0, 0.05) is 4.91 Å². The lowest BCUT2D eigenvalue weighted by atomic mass is 10.2. The van der Waals surface area contributed by atoms with E-state index < -0.39 is 24.6 Å². The molecule has 7 nitrogen and oxygen atoms in total. The van der Waals surface area contributed by atoms with E-state index in [1.165, 1.54) is 12.1 Å². The van der Waals surface area contributed by atoms with Crippen LogP contribution in [0.3, 0.4) is 0 Å². The maximum Gasteiger partial charge on any atom is 0.345 e. The summed E-state index contributed by atoms with van der Waals surface area (Å²) in [6.45, 7) is -0.440. The number of hydrogen-bond acceptors (Lipinski definition) is 4. The number of carbonyl (C=O) groups excluding carboxylic acids is 1. The van der Waals surface area contributed by atoms with E-state index in [1.807, 2.05) is 0 Å². The van der Waals surface area contributed by atoms with Crippen molar-refractivity contribution in [1.29, 1.82) is 0 Å². The van der Waals surface area contributed by atoms with Crippen LogP contribution in [0.5, 0.6) is 0 Å². The maximum atomic E-state index is 11.5. The lowest BCUT2D eigenvalue weighted by Crippen LogP contribution is -2.29. The zero-order chi connectivity index (χ0) is 12.7. The Morgan fingerprint density at radius 2 is 2.06 bits per heavy atom. The second-order valence-corrected chi connectivity index (χ2v) is 3.01. The molecular weight excluding hydrogens is 226 g/mol. The lowest BCUT2D eigenvalue weighted by molar-refractivity contribution is -0.146. The molecule has 0 aliphatic rings. The molecule has 0 aliphatic carbocycles. The zero-order valence-corrected chi connectivity index (χ0v) is 8.68. The van der Waals surface area contributed by atoms with Crippen LogP contribution in [0.1, 0.15) is 10.4 Å². The van der Waals surface area contributed by atoms with Crippen molar-refractivity contribution in [2.75, 3.05) is 6.54 Å². The lowest BCUT2D eigenvalue weighted by Gasteiger charge is -2.10. The molecule has 7 heteroatoms. The van der Waals surface area contributed by atoms with E-state index >= 15 is 0 Å². The fourth-order valence-electron chi connectivity index (χ4n) is 1.05. The fraction of sp³-hybridized carbons (Fsp3) is 0.200. The zero-order valence-electron chi connectivity index (χ0n) is 8.68. The first kappa shape index (κ1) is 12.5. The van der Waals surface area contributed by atoms with Gasteiger partial charge in [0.1, 0.15) is 0 Å². The Labute approximate surface area is 96.3 Å². The first-order valence-corrected chi connectivity index (χ1v) is 4.65. The van der Waals surface area contributed by atoms with Gasteiger partial charge in [0.05, 0.1) is 12.1 Å². The van der Waals surface area contributed by atoms with Gasteiger partial charge in [0.2, 0.25) is 6.10 Å². The number of hydrogen-bond donors (Lipinski definition) is 1. The second-order valence-electron chi connectivity index (χ2n) is 3.01. The van der Waals surface area contributed by atoms with Crippen LogP contribution in [0.4, 0.5) is 0 Å². The average molecular weight is 235 g/mol. The molecule has 0 saturated heterocycles. The summed E-state index contributed by atoms with van der Waals surface area (Å²) in [6, 6.07) is 7.95. The van der Waals surface area contributed by atoms with Crippen molar-refractivity contribution < 1.29 is 19.4 Å². The molecule has 0 fully saturated rings. The average Bonchev–Trinajstić information content (AvgIpc) is 2.35. The van der Waals surface area contributed by atoms with Gasteiger partial charge in [-0.2, -0.15) is 0 Å². The van der Waals surface area contributed by atoms with Gasteiger partial charge in [-0.25, -0.2) is 9.59 Å². The number of aliphatic carboxylic acids is 1. The molecule has 0 bridgehead atoms. The molecular formula is C10H9N3O4. The molecule has 0 saturated carbocycles. The molecule has 1 aromatic rings. The smallest absolute Gasteiger partial charge is 0.345 e. The summed E-state index contributed by atoms with van der Waals surface area (Å²) in [7, 11) is 0. The summed E-state index contributed by atoms with van der Waals surface area (Å²) >= 11 is 0. The molecule has 0 aromatic heterocycles. The summed E-state index contributed by atoms with van der Waals surface area (Å²) in [5.41, 5.74) is 8.31. The van der Waals surface area contributed by atoms with E-state index in [0.717, 1.165) is 0 Å². The largest absolute Gasteiger partial charge is 0.479 e. The van der Waals surface area contributed by atoms with Gasteiger partial charge in [-0.05, 0) is 17.7 Å². The Morgan fingerprint density at radius 1 is 1.41 bits per heavy atom. The molecule has 1 rings (SSSR count). The number of carbonyl (C=O) groups is 2. The van der Waals surface area contributed by atoms with Crippen LogP contribution in [-0.2, 0) is 9.53 Å². The Balaban J connectivity index is 2.71. The highest BCUT2D eigenvalue weighted by atomic mass is 16.6. The van der Waals surface area contributed by atoms with Gasteiger partial charge in [-0.3, -0.25) is 0 Å². The minimum absolute atomic E-state index is 0.236. The van der Waals surface area contributed by atoms with Gasteiger partial charge in [0.15, 0.2) is 0 Å². The third-order valence-corrected chi connectivity index (χ3v) is 1.84. The highest BCUT2D eigenvalue weighted by molar-refractivity contribution is 5.91. The van der Waals surface area contributed by atoms with Crippen LogP contribution in [-0.4, -0.2) is 29.7 Å². The summed E-state index contributed by atoms with van der Waals surface area (Å²) in [5, 5.41) is 11.8. The standard InChI is InChI=1S/C10H9N3O4/c11-13-12-6-8(9(14)15)17-10(16)7-4-2-1-3-5-7/h1-5,8H,6H2,(H,14,15)/t8-/m0/s1. The van der Waals surface area contributed by atoms with E-state index in [4.69, 9.17) is 15.4 Å². The van der Waals surface area contributed by atoms with E-state index in [2.05, 4.69) is 10.0 Å². The number of carboxylic acids is 1. The van der Waals surface area contributed by atoms with Gasteiger partial charge in [0.25, 0.3) is 0 Å². The second kappa shape index (κ2) is 6.14. The number of carboxylic acid groups (broad SMARTS) is 1.